The summed E-state index contributed by atoms with van der Waals surface area (Å²) in [5.41, 5.74) is 2.94. The Hall–Kier alpha value is -1.40. The molecule has 6 nitrogen and oxygen atoms in total. The van der Waals surface area contributed by atoms with Gasteiger partial charge in [-0.3, -0.25) is 9.89 Å². The number of aromatic nitrogens is 2. The molecule has 0 bridgehead atoms. The lowest BCUT2D eigenvalue weighted by Gasteiger charge is -2.16. The van der Waals surface area contributed by atoms with Crippen LogP contribution in [0.2, 0.25) is 0 Å². The Morgan fingerprint density at radius 3 is 3.10 bits per heavy atom. The second-order valence-corrected chi connectivity index (χ2v) is 6.09. The van der Waals surface area contributed by atoms with Crippen molar-refractivity contribution >= 4 is 5.91 Å². The highest BCUT2D eigenvalue weighted by Gasteiger charge is 2.42. The minimum atomic E-state index is -0.0566. The third-order valence-electron chi connectivity index (χ3n) is 4.58. The van der Waals surface area contributed by atoms with Gasteiger partial charge in [-0.05, 0) is 31.6 Å². The maximum atomic E-state index is 12.3. The van der Waals surface area contributed by atoms with E-state index in [9.17, 15) is 4.79 Å². The molecule has 0 aromatic carbocycles. The number of ether oxygens (including phenoxy) is 1. The molecule has 1 saturated carbocycles. The summed E-state index contributed by atoms with van der Waals surface area (Å²) in [7, 11) is 0. The van der Waals surface area contributed by atoms with Crippen LogP contribution in [0.5, 0.6) is 0 Å². The summed E-state index contributed by atoms with van der Waals surface area (Å²) in [5, 5.41) is 13.5. The average molecular weight is 292 g/mol. The molecule has 2 aliphatic rings. The zero-order valence-electron chi connectivity index (χ0n) is 12.6. The Balaban J connectivity index is 1.54. The first kappa shape index (κ1) is 14.5. The number of carbonyl (C=O) groups excluding carboxylic acids is 1. The Bertz CT molecular complexity index is 508. The number of fused-ring (bicyclic) bond motifs is 1. The number of hydrogen-bond acceptors (Lipinski definition) is 4. The molecule has 1 aromatic heterocycles. The Morgan fingerprint density at radius 1 is 1.48 bits per heavy atom. The van der Waals surface area contributed by atoms with Crippen molar-refractivity contribution in [3.05, 3.63) is 17.0 Å². The van der Waals surface area contributed by atoms with Crippen LogP contribution in [0.15, 0.2) is 0 Å². The van der Waals surface area contributed by atoms with Crippen LogP contribution in [0.4, 0.5) is 0 Å². The van der Waals surface area contributed by atoms with Gasteiger partial charge in [0, 0.05) is 50.5 Å². The molecule has 0 spiro atoms. The summed E-state index contributed by atoms with van der Waals surface area (Å²) in [4.78, 5) is 12.3. The first-order chi connectivity index (χ1) is 10.2. The summed E-state index contributed by atoms with van der Waals surface area (Å²) in [6.45, 7) is 5.95. The van der Waals surface area contributed by atoms with Crippen LogP contribution in [0, 0.1) is 5.41 Å². The van der Waals surface area contributed by atoms with Gasteiger partial charge in [0.25, 0.3) is 5.91 Å². The van der Waals surface area contributed by atoms with Crippen molar-refractivity contribution in [2.45, 2.75) is 39.2 Å². The van der Waals surface area contributed by atoms with E-state index < -0.39 is 0 Å². The van der Waals surface area contributed by atoms with Crippen LogP contribution in [0.1, 0.15) is 47.9 Å². The number of hydrogen-bond donors (Lipinski definition) is 3. The number of rotatable bonds is 7. The lowest BCUT2D eigenvalue weighted by atomic mass is 10.0. The molecule has 3 rings (SSSR count). The van der Waals surface area contributed by atoms with E-state index in [1.54, 1.807) is 0 Å². The monoisotopic (exact) mass is 292 g/mol. The molecule has 2 heterocycles. The van der Waals surface area contributed by atoms with Crippen LogP contribution in [-0.2, 0) is 17.7 Å². The van der Waals surface area contributed by atoms with Crippen molar-refractivity contribution in [3.63, 3.8) is 0 Å². The zero-order valence-corrected chi connectivity index (χ0v) is 12.6. The van der Waals surface area contributed by atoms with E-state index in [1.165, 1.54) is 12.8 Å². The minimum absolute atomic E-state index is 0.0566. The van der Waals surface area contributed by atoms with Gasteiger partial charge in [-0.25, -0.2) is 0 Å². The molecule has 0 radical (unpaired) electrons. The Labute approximate surface area is 125 Å². The van der Waals surface area contributed by atoms with Crippen molar-refractivity contribution in [1.29, 1.82) is 0 Å². The average Bonchev–Trinajstić information content (AvgIpc) is 3.14. The number of nitrogens with one attached hydrogen (secondary N) is 3. The fourth-order valence-corrected chi connectivity index (χ4v) is 2.89. The van der Waals surface area contributed by atoms with E-state index in [1.807, 2.05) is 6.92 Å². The molecule has 3 N–H and O–H groups in total. The number of nitrogens with zero attached hydrogens (tertiary/aromatic N) is 1. The largest absolute Gasteiger partial charge is 0.382 e. The third-order valence-corrected chi connectivity index (χ3v) is 4.58. The predicted molar refractivity (Wildman–Crippen MR) is 79.1 cm³/mol. The SMILES string of the molecule is CCOCCC1(CNC(=O)c2n[nH]c3c2CNCC3)CC1. The molecule has 0 saturated heterocycles. The van der Waals surface area contributed by atoms with Gasteiger partial charge in [-0.2, -0.15) is 5.10 Å². The quantitative estimate of drug-likeness (QED) is 0.655. The summed E-state index contributed by atoms with van der Waals surface area (Å²) < 4.78 is 5.42. The number of amides is 1. The molecule has 6 heteroatoms. The second kappa shape index (κ2) is 6.15. The molecule has 1 aliphatic carbocycles. The minimum Gasteiger partial charge on any atom is -0.382 e. The van der Waals surface area contributed by atoms with Crippen molar-refractivity contribution in [1.82, 2.24) is 20.8 Å². The summed E-state index contributed by atoms with van der Waals surface area (Å²) in [5.74, 6) is -0.0566. The van der Waals surface area contributed by atoms with Gasteiger partial charge in [0.05, 0.1) is 0 Å². The predicted octanol–water partition coefficient (Wildman–Crippen LogP) is 0.992. The van der Waals surface area contributed by atoms with Gasteiger partial charge in [0.2, 0.25) is 0 Å². The normalized spacial score (nSPS) is 19.1. The molecular formula is C15H24N4O2. The van der Waals surface area contributed by atoms with E-state index in [2.05, 4.69) is 20.8 Å². The Kier molecular flexibility index (Phi) is 4.26. The van der Waals surface area contributed by atoms with Crippen LogP contribution >= 0.6 is 0 Å². The van der Waals surface area contributed by atoms with E-state index in [0.29, 0.717) is 5.69 Å². The van der Waals surface area contributed by atoms with E-state index in [0.717, 1.165) is 56.9 Å². The van der Waals surface area contributed by atoms with Crippen molar-refractivity contribution in [2.75, 3.05) is 26.3 Å². The Morgan fingerprint density at radius 2 is 2.33 bits per heavy atom. The van der Waals surface area contributed by atoms with Gasteiger partial charge in [0.1, 0.15) is 0 Å². The summed E-state index contributed by atoms with van der Waals surface area (Å²) in [6, 6.07) is 0. The summed E-state index contributed by atoms with van der Waals surface area (Å²) in [6.07, 6.45) is 4.30. The highest BCUT2D eigenvalue weighted by molar-refractivity contribution is 5.94. The molecule has 0 unspecified atom stereocenters. The fraction of sp³-hybridized carbons (Fsp3) is 0.733. The highest BCUT2D eigenvalue weighted by atomic mass is 16.5. The smallest absolute Gasteiger partial charge is 0.272 e. The zero-order chi connectivity index (χ0) is 14.7. The van der Waals surface area contributed by atoms with Crippen LogP contribution < -0.4 is 10.6 Å². The number of H-pyrrole nitrogens is 1. The molecule has 1 aliphatic heterocycles. The maximum absolute atomic E-state index is 12.3. The second-order valence-electron chi connectivity index (χ2n) is 6.09. The number of aromatic amines is 1. The first-order valence-corrected chi connectivity index (χ1v) is 7.87. The van der Waals surface area contributed by atoms with Crippen molar-refractivity contribution in [3.8, 4) is 0 Å². The van der Waals surface area contributed by atoms with Crippen molar-refractivity contribution < 1.29 is 9.53 Å². The van der Waals surface area contributed by atoms with E-state index in [4.69, 9.17) is 4.74 Å². The molecule has 1 fully saturated rings. The highest BCUT2D eigenvalue weighted by Crippen LogP contribution is 2.48. The first-order valence-electron chi connectivity index (χ1n) is 7.87. The van der Waals surface area contributed by atoms with Crippen LogP contribution in [0.3, 0.4) is 0 Å². The van der Waals surface area contributed by atoms with Gasteiger partial charge < -0.3 is 15.4 Å². The van der Waals surface area contributed by atoms with E-state index in [-0.39, 0.29) is 11.3 Å². The standard InChI is InChI=1S/C15H24N4O2/c1-2-21-8-6-15(4-5-15)10-17-14(20)13-11-9-16-7-3-12(11)18-19-13/h16H,2-10H2,1H3,(H,17,20)(H,18,19). The maximum Gasteiger partial charge on any atom is 0.272 e. The van der Waals surface area contributed by atoms with Gasteiger partial charge in [-0.1, -0.05) is 0 Å². The van der Waals surface area contributed by atoms with Crippen LogP contribution in [0.25, 0.3) is 0 Å². The van der Waals surface area contributed by atoms with Gasteiger partial charge >= 0.3 is 0 Å². The van der Waals surface area contributed by atoms with Gasteiger partial charge in [0.15, 0.2) is 5.69 Å². The molecule has 0 atom stereocenters. The third kappa shape index (κ3) is 3.27. The van der Waals surface area contributed by atoms with Crippen LogP contribution in [-0.4, -0.2) is 42.4 Å². The van der Waals surface area contributed by atoms with Gasteiger partial charge in [-0.15, -0.1) is 0 Å². The molecule has 1 amide bonds. The lowest BCUT2D eigenvalue weighted by molar-refractivity contribution is 0.0924. The molecule has 1 aromatic rings. The van der Waals surface area contributed by atoms with E-state index >= 15 is 0 Å². The molecule has 21 heavy (non-hydrogen) atoms. The topological polar surface area (TPSA) is 79.0 Å². The molecule has 116 valence electrons. The number of carbonyl (C=O) groups is 1. The summed E-state index contributed by atoms with van der Waals surface area (Å²) >= 11 is 0. The fourth-order valence-electron chi connectivity index (χ4n) is 2.89. The van der Waals surface area contributed by atoms with Crippen molar-refractivity contribution in [2.24, 2.45) is 5.41 Å². The molecular weight excluding hydrogens is 268 g/mol. The lowest BCUT2D eigenvalue weighted by Crippen LogP contribution is -2.32.